The molecule has 1 atom stereocenters. The number of benzene rings is 2. The van der Waals surface area contributed by atoms with E-state index in [1.807, 2.05) is 4.90 Å². The smallest absolute Gasteiger partial charge is 0.414 e. The maximum atomic E-state index is 14.7. The lowest BCUT2D eigenvalue weighted by molar-refractivity contribution is -0.121. The Morgan fingerprint density at radius 2 is 1.91 bits per heavy atom. The Hall–Kier alpha value is -3.53. The van der Waals surface area contributed by atoms with Crippen molar-refractivity contribution in [2.75, 3.05) is 49.2 Å². The molecule has 0 bridgehead atoms. The third-order valence-electron chi connectivity index (χ3n) is 5.68. The zero-order valence-corrected chi connectivity index (χ0v) is 18.0. The molecule has 0 unspecified atom stereocenters. The number of phenolic OH excluding ortho intramolecular Hbond substituents is 2. The molecule has 2 aromatic carbocycles. The number of carbonyl (C=O) groups is 2. The van der Waals surface area contributed by atoms with Gasteiger partial charge in [0.05, 0.1) is 37.7 Å². The highest BCUT2D eigenvalue weighted by molar-refractivity contribution is 5.90. The van der Waals surface area contributed by atoms with Gasteiger partial charge in [-0.3, -0.25) is 9.69 Å². The minimum absolute atomic E-state index is 0.135. The minimum Gasteiger partial charge on any atom is -0.504 e. The molecule has 0 aromatic heterocycles. The summed E-state index contributed by atoms with van der Waals surface area (Å²) in [7, 11) is 0. The maximum Gasteiger partial charge on any atom is 0.414 e. The molecule has 0 radical (unpaired) electrons. The predicted molar refractivity (Wildman–Crippen MR) is 118 cm³/mol. The Balaban J connectivity index is 1.27. The second kappa shape index (κ2) is 9.95. The van der Waals surface area contributed by atoms with E-state index >= 15 is 0 Å². The Bertz CT molecular complexity index is 1030. The van der Waals surface area contributed by atoms with Gasteiger partial charge in [0, 0.05) is 19.5 Å². The quantitative estimate of drug-likeness (QED) is 0.544. The molecule has 33 heavy (non-hydrogen) atoms. The van der Waals surface area contributed by atoms with Crippen LogP contribution >= 0.6 is 0 Å². The Kier molecular flexibility index (Phi) is 6.83. The van der Waals surface area contributed by atoms with Crippen molar-refractivity contribution in [3.05, 3.63) is 47.8 Å². The van der Waals surface area contributed by atoms with Crippen LogP contribution < -0.4 is 15.1 Å². The number of hydrogen-bond donors (Lipinski definition) is 3. The van der Waals surface area contributed by atoms with E-state index in [2.05, 4.69) is 5.32 Å². The number of hydrogen-bond acceptors (Lipinski definition) is 7. The van der Waals surface area contributed by atoms with Crippen LogP contribution in [0.25, 0.3) is 0 Å². The van der Waals surface area contributed by atoms with Crippen LogP contribution in [0.2, 0.25) is 0 Å². The van der Waals surface area contributed by atoms with Gasteiger partial charge >= 0.3 is 6.09 Å². The van der Waals surface area contributed by atoms with Crippen molar-refractivity contribution in [1.82, 2.24) is 5.32 Å². The standard InChI is InChI=1S/C23H26FN3O6/c24-18-12-16(3-4-19(18)26-7-9-32-10-8-26)27-14-17(33-23(27)31)13-25-22(30)6-2-15-1-5-20(28)21(29)11-15/h1,3-5,11-12,17,28-29H,2,6-10,13-14H2,(H,25,30)/t17-/m0/s1. The van der Waals surface area contributed by atoms with E-state index in [0.717, 1.165) is 0 Å². The zero-order chi connectivity index (χ0) is 23.4. The lowest BCUT2D eigenvalue weighted by Crippen LogP contribution is -2.37. The summed E-state index contributed by atoms with van der Waals surface area (Å²) in [5, 5.41) is 21.6. The third kappa shape index (κ3) is 5.46. The number of nitrogens with one attached hydrogen (secondary N) is 1. The SMILES string of the molecule is O=C(CCc1ccc(O)c(O)c1)NC[C@H]1CN(c2ccc(N3CCOCC3)c(F)c2)C(=O)O1. The lowest BCUT2D eigenvalue weighted by Gasteiger charge is -2.29. The molecule has 0 aliphatic carbocycles. The van der Waals surface area contributed by atoms with E-state index in [-0.39, 0.29) is 36.9 Å². The number of anilines is 2. The topological polar surface area (TPSA) is 112 Å². The van der Waals surface area contributed by atoms with Crippen LogP contribution in [0.5, 0.6) is 11.5 Å². The van der Waals surface area contributed by atoms with Crippen molar-refractivity contribution < 1.29 is 33.7 Å². The molecule has 3 N–H and O–H groups in total. The Morgan fingerprint density at radius 3 is 2.64 bits per heavy atom. The van der Waals surface area contributed by atoms with Crippen LogP contribution in [-0.2, 0) is 20.7 Å². The summed E-state index contributed by atoms with van der Waals surface area (Å²) in [6.07, 6.45) is -0.595. The number of halogens is 1. The van der Waals surface area contributed by atoms with Crippen molar-refractivity contribution in [3.63, 3.8) is 0 Å². The first-order valence-electron chi connectivity index (χ1n) is 10.8. The molecule has 9 nitrogen and oxygen atoms in total. The summed E-state index contributed by atoms with van der Waals surface area (Å²) in [5.41, 5.74) is 1.58. The van der Waals surface area contributed by atoms with Gasteiger partial charge in [0.1, 0.15) is 11.9 Å². The van der Waals surface area contributed by atoms with E-state index in [4.69, 9.17) is 9.47 Å². The maximum absolute atomic E-state index is 14.7. The van der Waals surface area contributed by atoms with Gasteiger partial charge in [-0.25, -0.2) is 9.18 Å². The monoisotopic (exact) mass is 459 g/mol. The molecule has 2 amide bonds. The Morgan fingerprint density at radius 1 is 1.12 bits per heavy atom. The fourth-order valence-corrected chi connectivity index (χ4v) is 3.86. The summed E-state index contributed by atoms with van der Waals surface area (Å²) >= 11 is 0. The highest BCUT2D eigenvalue weighted by Gasteiger charge is 2.33. The zero-order valence-electron chi connectivity index (χ0n) is 18.0. The number of rotatable bonds is 7. The number of phenols is 2. The Labute approximate surface area is 190 Å². The highest BCUT2D eigenvalue weighted by atomic mass is 19.1. The normalized spacial score (nSPS) is 18.3. The summed E-state index contributed by atoms with van der Waals surface area (Å²) in [6.45, 7) is 2.64. The molecular weight excluding hydrogens is 433 g/mol. The number of morpholine rings is 1. The van der Waals surface area contributed by atoms with Crippen LogP contribution in [-0.4, -0.2) is 67.7 Å². The fourth-order valence-electron chi connectivity index (χ4n) is 3.86. The average Bonchev–Trinajstić information content (AvgIpc) is 3.19. The molecule has 2 saturated heterocycles. The lowest BCUT2D eigenvalue weighted by atomic mass is 10.1. The van der Waals surface area contributed by atoms with E-state index < -0.39 is 18.0 Å². The molecular formula is C23H26FN3O6. The van der Waals surface area contributed by atoms with Gasteiger partial charge in [-0.05, 0) is 42.3 Å². The number of ether oxygens (including phenoxy) is 2. The van der Waals surface area contributed by atoms with Gasteiger partial charge in [0.15, 0.2) is 11.5 Å². The van der Waals surface area contributed by atoms with Gasteiger partial charge < -0.3 is 29.9 Å². The van der Waals surface area contributed by atoms with Crippen molar-refractivity contribution in [2.45, 2.75) is 18.9 Å². The van der Waals surface area contributed by atoms with Crippen LogP contribution in [0.15, 0.2) is 36.4 Å². The van der Waals surface area contributed by atoms with Crippen LogP contribution in [0, 0.1) is 5.82 Å². The first kappa shape index (κ1) is 22.7. The summed E-state index contributed by atoms with van der Waals surface area (Å²) < 4.78 is 25.3. The molecule has 2 aromatic rings. The van der Waals surface area contributed by atoms with Gasteiger partial charge in [-0.2, -0.15) is 0 Å². The van der Waals surface area contributed by atoms with Gasteiger partial charge in [0.2, 0.25) is 5.91 Å². The number of cyclic esters (lactones) is 1. The van der Waals surface area contributed by atoms with Crippen molar-refractivity contribution in [2.24, 2.45) is 0 Å². The third-order valence-corrected chi connectivity index (χ3v) is 5.68. The van der Waals surface area contributed by atoms with E-state index in [0.29, 0.717) is 49.7 Å². The molecule has 4 rings (SSSR count). The molecule has 2 heterocycles. The first-order chi connectivity index (χ1) is 15.9. The number of amides is 2. The fraction of sp³-hybridized carbons (Fsp3) is 0.391. The second-order valence-corrected chi connectivity index (χ2v) is 7.98. The van der Waals surface area contributed by atoms with Gasteiger partial charge in [0.25, 0.3) is 0 Å². The van der Waals surface area contributed by atoms with E-state index in [9.17, 15) is 24.2 Å². The van der Waals surface area contributed by atoms with Crippen molar-refractivity contribution >= 4 is 23.4 Å². The average molecular weight is 459 g/mol. The number of carbonyl (C=O) groups excluding carboxylic acids is 2. The number of aryl methyl sites for hydroxylation is 1. The summed E-state index contributed by atoms with van der Waals surface area (Å²) in [5.74, 6) is -1.11. The first-order valence-corrected chi connectivity index (χ1v) is 10.8. The molecule has 176 valence electrons. The van der Waals surface area contributed by atoms with Crippen molar-refractivity contribution in [1.29, 1.82) is 0 Å². The molecule has 2 fully saturated rings. The molecule has 2 aliphatic rings. The van der Waals surface area contributed by atoms with Crippen LogP contribution in [0.3, 0.4) is 0 Å². The molecule has 10 heteroatoms. The van der Waals surface area contributed by atoms with Crippen LogP contribution in [0.4, 0.5) is 20.6 Å². The van der Waals surface area contributed by atoms with Crippen molar-refractivity contribution in [3.8, 4) is 11.5 Å². The minimum atomic E-state index is -0.590. The van der Waals surface area contributed by atoms with E-state index in [1.165, 1.54) is 23.1 Å². The second-order valence-electron chi connectivity index (χ2n) is 7.98. The van der Waals surface area contributed by atoms with Gasteiger partial charge in [-0.1, -0.05) is 6.07 Å². The molecule has 0 saturated carbocycles. The van der Waals surface area contributed by atoms with Gasteiger partial charge in [-0.15, -0.1) is 0 Å². The predicted octanol–water partition coefficient (Wildman–Crippen LogP) is 2.15. The largest absolute Gasteiger partial charge is 0.504 e. The van der Waals surface area contributed by atoms with Crippen LogP contribution in [0.1, 0.15) is 12.0 Å². The highest BCUT2D eigenvalue weighted by Crippen LogP contribution is 2.28. The summed E-state index contributed by atoms with van der Waals surface area (Å²) in [4.78, 5) is 27.7. The van der Waals surface area contributed by atoms with E-state index in [1.54, 1.807) is 18.2 Å². The molecule has 0 spiro atoms. The number of nitrogens with zero attached hydrogens (tertiary/aromatic N) is 2. The molecule has 2 aliphatic heterocycles. The number of aromatic hydroxyl groups is 2. The summed E-state index contributed by atoms with van der Waals surface area (Å²) in [6, 6.07) is 9.05.